The first-order valence-electron chi connectivity index (χ1n) is 5.64. The minimum Gasteiger partial charge on any atom is -0.478 e. The molecule has 0 aliphatic rings. The summed E-state index contributed by atoms with van der Waals surface area (Å²) >= 11 is 0. The summed E-state index contributed by atoms with van der Waals surface area (Å²) in [4.78, 5) is 22.6. The molecular weight excluding hydrogens is 274 g/mol. The monoisotopic (exact) mass is 288 g/mol. The molecule has 8 heteroatoms. The molecule has 20 heavy (non-hydrogen) atoms. The first-order valence-corrected chi connectivity index (χ1v) is 5.64. The molecule has 1 unspecified atom stereocenters. The standard InChI is InChI=1S/C12H14F2N2O4/c1-20-6(5-15)2-11(17)16-10-4-9(14)8(13)3-7(10)12(18)19/h3-4,6H,2,5,15H2,1H3,(H,16,17)(H,18,19). The van der Waals surface area contributed by atoms with Crippen molar-refractivity contribution in [3.8, 4) is 0 Å². The lowest BCUT2D eigenvalue weighted by atomic mass is 10.1. The Kier molecular flexibility index (Phi) is 5.53. The van der Waals surface area contributed by atoms with Gasteiger partial charge in [0.1, 0.15) is 0 Å². The topological polar surface area (TPSA) is 102 Å². The minimum absolute atomic E-state index is 0.0908. The zero-order valence-electron chi connectivity index (χ0n) is 10.7. The number of carboxylic acid groups (broad SMARTS) is 1. The Morgan fingerprint density at radius 1 is 1.40 bits per heavy atom. The quantitative estimate of drug-likeness (QED) is 0.724. The number of hydrogen-bond acceptors (Lipinski definition) is 4. The van der Waals surface area contributed by atoms with Crippen LogP contribution in [-0.2, 0) is 9.53 Å². The lowest BCUT2D eigenvalue weighted by molar-refractivity contribution is -0.118. The number of amides is 1. The van der Waals surface area contributed by atoms with Crippen LogP contribution >= 0.6 is 0 Å². The molecule has 1 rings (SSSR count). The van der Waals surface area contributed by atoms with Gasteiger partial charge in [0.2, 0.25) is 5.91 Å². The third-order valence-corrected chi connectivity index (χ3v) is 2.57. The number of carboxylic acids is 1. The van der Waals surface area contributed by atoms with E-state index in [1.165, 1.54) is 7.11 Å². The van der Waals surface area contributed by atoms with E-state index in [0.717, 1.165) is 0 Å². The predicted octanol–water partition coefficient (Wildman–Crippen LogP) is 0.965. The molecule has 0 aromatic heterocycles. The summed E-state index contributed by atoms with van der Waals surface area (Å²) in [7, 11) is 1.37. The summed E-state index contributed by atoms with van der Waals surface area (Å²) < 4.78 is 31.0. The van der Waals surface area contributed by atoms with Gasteiger partial charge < -0.3 is 20.9 Å². The number of rotatable bonds is 6. The molecule has 0 fully saturated rings. The van der Waals surface area contributed by atoms with Gasteiger partial charge in [-0.15, -0.1) is 0 Å². The number of aromatic carboxylic acids is 1. The summed E-state index contributed by atoms with van der Waals surface area (Å²) in [5, 5.41) is 11.1. The number of nitrogens with one attached hydrogen (secondary N) is 1. The van der Waals surface area contributed by atoms with Crippen LogP contribution in [0.4, 0.5) is 14.5 Å². The van der Waals surface area contributed by atoms with E-state index in [9.17, 15) is 18.4 Å². The van der Waals surface area contributed by atoms with E-state index in [4.69, 9.17) is 15.6 Å². The molecule has 110 valence electrons. The molecule has 0 aliphatic carbocycles. The molecule has 4 N–H and O–H groups in total. The van der Waals surface area contributed by atoms with Gasteiger partial charge in [-0.05, 0) is 6.07 Å². The SMILES string of the molecule is COC(CN)CC(=O)Nc1cc(F)c(F)cc1C(=O)O. The Bertz CT molecular complexity index is 518. The van der Waals surface area contributed by atoms with E-state index in [1.807, 2.05) is 0 Å². The number of benzene rings is 1. The van der Waals surface area contributed by atoms with Crippen LogP contribution in [0.3, 0.4) is 0 Å². The van der Waals surface area contributed by atoms with E-state index >= 15 is 0 Å². The van der Waals surface area contributed by atoms with Gasteiger partial charge in [0.05, 0.1) is 23.8 Å². The fourth-order valence-corrected chi connectivity index (χ4v) is 1.50. The number of nitrogens with two attached hydrogens (primary N) is 1. The lowest BCUT2D eigenvalue weighted by Crippen LogP contribution is -2.28. The molecule has 0 saturated heterocycles. The first kappa shape index (κ1) is 16.0. The lowest BCUT2D eigenvalue weighted by Gasteiger charge is -2.13. The Morgan fingerprint density at radius 2 is 2.00 bits per heavy atom. The first-order chi connectivity index (χ1) is 9.38. The molecule has 0 bridgehead atoms. The van der Waals surface area contributed by atoms with Crippen molar-refractivity contribution in [3.05, 3.63) is 29.3 Å². The highest BCUT2D eigenvalue weighted by Crippen LogP contribution is 2.20. The third kappa shape index (κ3) is 3.97. The largest absolute Gasteiger partial charge is 0.478 e. The summed E-state index contributed by atoms with van der Waals surface area (Å²) in [6, 6.07) is 1.12. The maximum Gasteiger partial charge on any atom is 0.337 e. The maximum atomic E-state index is 13.1. The zero-order valence-corrected chi connectivity index (χ0v) is 10.7. The number of anilines is 1. The number of ether oxygens (including phenoxy) is 1. The predicted molar refractivity (Wildman–Crippen MR) is 66.4 cm³/mol. The van der Waals surface area contributed by atoms with Crippen LogP contribution in [0.2, 0.25) is 0 Å². The molecule has 0 spiro atoms. The number of hydrogen-bond donors (Lipinski definition) is 3. The van der Waals surface area contributed by atoms with Crippen LogP contribution in [0.25, 0.3) is 0 Å². The molecule has 6 nitrogen and oxygen atoms in total. The van der Waals surface area contributed by atoms with Crippen LogP contribution in [-0.4, -0.2) is 36.7 Å². The maximum absolute atomic E-state index is 13.1. The minimum atomic E-state index is -1.48. The fraction of sp³-hybridized carbons (Fsp3) is 0.333. The highest BCUT2D eigenvalue weighted by molar-refractivity contribution is 6.00. The van der Waals surface area contributed by atoms with E-state index < -0.39 is 35.2 Å². The van der Waals surface area contributed by atoms with Crippen molar-refractivity contribution < 1.29 is 28.2 Å². The molecule has 0 radical (unpaired) electrons. The molecular formula is C12H14F2N2O4. The highest BCUT2D eigenvalue weighted by Gasteiger charge is 2.18. The van der Waals surface area contributed by atoms with Crippen molar-refractivity contribution >= 4 is 17.6 Å². The zero-order chi connectivity index (χ0) is 15.3. The van der Waals surface area contributed by atoms with Crippen molar-refractivity contribution in [2.24, 2.45) is 5.73 Å². The molecule has 0 heterocycles. The number of halogens is 2. The van der Waals surface area contributed by atoms with Gasteiger partial charge in [0.15, 0.2) is 11.6 Å². The van der Waals surface area contributed by atoms with Crippen LogP contribution < -0.4 is 11.1 Å². The van der Waals surface area contributed by atoms with Crippen molar-refractivity contribution in [1.82, 2.24) is 0 Å². The Labute approximate surface area is 113 Å². The van der Waals surface area contributed by atoms with Gasteiger partial charge in [-0.25, -0.2) is 13.6 Å². The van der Waals surface area contributed by atoms with Gasteiger partial charge >= 0.3 is 5.97 Å². The summed E-state index contributed by atoms with van der Waals surface area (Å²) in [6.45, 7) is 0.0908. The van der Waals surface area contributed by atoms with Gasteiger partial charge in [0, 0.05) is 19.7 Å². The Morgan fingerprint density at radius 3 is 2.50 bits per heavy atom. The smallest absolute Gasteiger partial charge is 0.337 e. The van der Waals surface area contributed by atoms with E-state index in [0.29, 0.717) is 12.1 Å². The Balaban J connectivity index is 2.94. The van der Waals surface area contributed by atoms with Crippen LogP contribution in [0.1, 0.15) is 16.8 Å². The normalized spacial score (nSPS) is 12.0. The molecule has 0 aliphatic heterocycles. The molecule has 1 atom stereocenters. The number of carbonyl (C=O) groups excluding carboxylic acids is 1. The molecule has 1 amide bonds. The number of carbonyl (C=O) groups is 2. The number of methoxy groups -OCH3 is 1. The second kappa shape index (κ2) is 6.92. The molecule has 1 aromatic carbocycles. The van der Waals surface area contributed by atoms with Gasteiger partial charge in [-0.2, -0.15) is 0 Å². The summed E-state index contributed by atoms with van der Waals surface area (Å²) in [5.74, 6) is -4.67. The second-order valence-corrected chi connectivity index (χ2v) is 3.96. The summed E-state index contributed by atoms with van der Waals surface area (Å²) in [6.07, 6.45) is -0.681. The average Bonchev–Trinajstić information content (AvgIpc) is 2.39. The van der Waals surface area contributed by atoms with Crippen molar-refractivity contribution in [3.63, 3.8) is 0 Å². The van der Waals surface area contributed by atoms with Crippen LogP contribution in [0.15, 0.2) is 12.1 Å². The van der Waals surface area contributed by atoms with Gasteiger partial charge in [-0.1, -0.05) is 0 Å². The van der Waals surface area contributed by atoms with Crippen molar-refractivity contribution in [1.29, 1.82) is 0 Å². The average molecular weight is 288 g/mol. The fourth-order valence-electron chi connectivity index (χ4n) is 1.50. The van der Waals surface area contributed by atoms with Gasteiger partial charge in [0.25, 0.3) is 0 Å². The van der Waals surface area contributed by atoms with E-state index in [-0.39, 0.29) is 18.7 Å². The van der Waals surface area contributed by atoms with Crippen molar-refractivity contribution in [2.75, 3.05) is 19.0 Å². The third-order valence-electron chi connectivity index (χ3n) is 2.57. The van der Waals surface area contributed by atoms with E-state index in [2.05, 4.69) is 5.32 Å². The Hall–Kier alpha value is -2.06. The highest BCUT2D eigenvalue weighted by atomic mass is 19.2. The summed E-state index contributed by atoms with van der Waals surface area (Å²) in [5.41, 5.74) is 4.47. The molecule has 1 aromatic rings. The van der Waals surface area contributed by atoms with Gasteiger partial charge in [-0.3, -0.25) is 4.79 Å². The van der Waals surface area contributed by atoms with E-state index in [1.54, 1.807) is 0 Å². The second-order valence-electron chi connectivity index (χ2n) is 3.96. The van der Waals surface area contributed by atoms with Crippen LogP contribution in [0.5, 0.6) is 0 Å². The van der Waals surface area contributed by atoms with Crippen LogP contribution in [0, 0.1) is 11.6 Å². The molecule has 0 saturated carbocycles. The van der Waals surface area contributed by atoms with Crippen molar-refractivity contribution in [2.45, 2.75) is 12.5 Å².